The zero-order valence-electron chi connectivity index (χ0n) is 10.1. The van der Waals surface area contributed by atoms with Crippen LogP contribution in [-0.2, 0) is 10.3 Å². The van der Waals surface area contributed by atoms with Crippen molar-refractivity contribution in [3.8, 4) is 0 Å². The van der Waals surface area contributed by atoms with Crippen LogP contribution in [-0.4, -0.2) is 5.91 Å². The Morgan fingerprint density at radius 1 is 1.35 bits per heavy atom. The van der Waals surface area contributed by atoms with Crippen LogP contribution in [0, 0.1) is 5.82 Å². The van der Waals surface area contributed by atoms with Crippen molar-refractivity contribution in [2.24, 2.45) is 0 Å². The van der Waals surface area contributed by atoms with Crippen LogP contribution in [0.2, 0.25) is 0 Å². The van der Waals surface area contributed by atoms with Crippen LogP contribution in [0.1, 0.15) is 44.6 Å². The molecular weight excluding hydrogens is 217 g/mol. The summed E-state index contributed by atoms with van der Waals surface area (Å²) in [5.74, 6) is -0.139. The number of carbonyl (C=O) groups is 1. The largest absolute Gasteiger partial charge is 0.347 e. The van der Waals surface area contributed by atoms with E-state index in [1.54, 1.807) is 12.1 Å². The Morgan fingerprint density at radius 3 is 2.47 bits per heavy atom. The summed E-state index contributed by atoms with van der Waals surface area (Å²) < 4.78 is 12.9. The molecule has 1 fully saturated rings. The molecule has 0 spiro atoms. The maximum Gasteiger partial charge on any atom is 0.220 e. The summed E-state index contributed by atoms with van der Waals surface area (Å²) in [6.07, 6.45) is 4.43. The molecule has 1 aromatic rings. The Morgan fingerprint density at radius 2 is 2.00 bits per heavy atom. The van der Waals surface area contributed by atoms with E-state index in [9.17, 15) is 9.18 Å². The Labute approximate surface area is 101 Å². The number of amides is 1. The van der Waals surface area contributed by atoms with E-state index in [1.165, 1.54) is 12.1 Å². The third-order valence-electron chi connectivity index (χ3n) is 3.46. The average Bonchev–Trinajstić information content (AvgIpc) is 2.25. The number of carbonyl (C=O) groups excluding carboxylic acids is 1. The van der Waals surface area contributed by atoms with Crippen molar-refractivity contribution in [1.29, 1.82) is 0 Å². The maximum absolute atomic E-state index is 12.9. The molecule has 0 bridgehead atoms. The predicted molar refractivity (Wildman–Crippen MR) is 65.0 cm³/mol. The van der Waals surface area contributed by atoms with Gasteiger partial charge in [0.2, 0.25) is 5.91 Å². The van der Waals surface area contributed by atoms with Crippen LogP contribution < -0.4 is 5.32 Å². The summed E-state index contributed by atoms with van der Waals surface area (Å²) in [4.78, 5) is 11.7. The summed E-state index contributed by atoms with van der Waals surface area (Å²) >= 11 is 0. The number of benzene rings is 1. The van der Waals surface area contributed by atoms with E-state index in [0.717, 1.165) is 31.2 Å². The van der Waals surface area contributed by atoms with Gasteiger partial charge in [0.25, 0.3) is 0 Å². The van der Waals surface area contributed by atoms with Gasteiger partial charge in [-0.05, 0) is 43.4 Å². The Bertz CT molecular complexity index is 395. The van der Waals surface area contributed by atoms with Crippen molar-refractivity contribution in [1.82, 2.24) is 5.32 Å². The monoisotopic (exact) mass is 235 g/mol. The average molecular weight is 235 g/mol. The molecule has 2 nitrogen and oxygen atoms in total. The fourth-order valence-electron chi connectivity index (χ4n) is 2.34. The quantitative estimate of drug-likeness (QED) is 0.853. The smallest absolute Gasteiger partial charge is 0.220 e. The highest BCUT2D eigenvalue weighted by Crippen LogP contribution is 2.41. The number of hydrogen-bond acceptors (Lipinski definition) is 1. The third-order valence-corrected chi connectivity index (χ3v) is 3.46. The molecule has 92 valence electrons. The molecule has 1 aliphatic carbocycles. The Balaban J connectivity index is 2.14. The standard InChI is InChI=1S/C14H18FNO/c1-2-4-13(17)16-14(9-3-10-14)11-5-7-12(15)8-6-11/h5-8H,2-4,9-10H2,1H3,(H,16,17). The lowest BCUT2D eigenvalue weighted by Gasteiger charge is -2.43. The molecule has 0 aliphatic heterocycles. The molecule has 3 heteroatoms. The van der Waals surface area contributed by atoms with Gasteiger partial charge in [-0.1, -0.05) is 19.1 Å². The van der Waals surface area contributed by atoms with Crippen molar-refractivity contribution in [2.45, 2.75) is 44.6 Å². The molecule has 1 amide bonds. The minimum absolute atomic E-state index is 0.0940. The van der Waals surface area contributed by atoms with Crippen LogP contribution in [0.25, 0.3) is 0 Å². The first-order chi connectivity index (χ1) is 8.16. The first kappa shape index (κ1) is 12.1. The van der Waals surface area contributed by atoms with Gasteiger partial charge in [-0.25, -0.2) is 4.39 Å². The Kier molecular flexibility index (Phi) is 3.46. The molecule has 1 N–H and O–H groups in total. The van der Waals surface area contributed by atoms with Gasteiger partial charge < -0.3 is 5.32 Å². The number of nitrogens with one attached hydrogen (secondary N) is 1. The van der Waals surface area contributed by atoms with Gasteiger partial charge in [-0.15, -0.1) is 0 Å². The van der Waals surface area contributed by atoms with Crippen molar-refractivity contribution in [3.05, 3.63) is 35.6 Å². The Hall–Kier alpha value is -1.38. The zero-order valence-corrected chi connectivity index (χ0v) is 10.1. The minimum Gasteiger partial charge on any atom is -0.347 e. The van der Waals surface area contributed by atoms with Crippen molar-refractivity contribution < 1.29 is 9.18 Å². The number of halogens is 1. The molecule has 1 saturated carbocycles. The van der Waals surface area contributed by atoms with Crippen LogP contribution in [0.5, 0.6) is 0 Å². The molecule has 1 aliphatic rings. The van der Waals surface area contributed by atoms with Gasteiger partial charge in [0, 0.05) is 6.42 Å². The van der Waals surface area contributed by atoms with Crippen LogP contribution >= 0.6 is 0 Å². The van der Waals surface area contributed by atoms with Crippen LogP contribution in [0.4, 0.5) is 4.39 Å². The molecule has 0 aromatic heterocycles. The van der Waals surface area contributed by atoms with E-state index in [4.69, 9.17) is 0 Å². The molecule has 1 aromatic carbocycles. The molecule has 0 atom stereocenters. The van der Waals surface area contributed by atoms with E-state index in [0.29, 0.717) is 6.42 Å². The van der Waals surface area contributed by atoms with Gasteiger partial charge in [-0.2, -0.15) is 0 Å². The molecule has 0 radical (unpaired) electrons. The van der Waals surface area contributed by atoms with Crippen LogP contribution in [0.3, 0.4) is 0 Å². The topological polar surface area (TPSA) is 29.1 Å². The fraction of sp³-hybridized carbons (Fsp3) is 0.500. The summed E-state index contributed by atoms with van der Waals surface area (Å²) in [6, 6.07) is 6.48. The highest BCUT2D eigenvalue weighted by molar-refractivity contribution is 5.77. The zero-order chi connectivity index (χ0) is 12.3. The second-order valence-corrected chi connectivity index (χ2v) is 4.74. The summed E-state index contributed by atoms with van der Waals surface area (Å²) in [5.41, 5.74) is 0.787. The molecule has 2 rings (SSSR count). The number of rotatable bonds is 4. The summed E-state index contributed by atoms with van der Waals surface area (Å²) in [5, 5.41) is 3.11. The number of hydrogen-bond donors (Lipinski definition) is 1. The van der Waals surface area contributed by atoms with Gasteiger partial charge >= 0.3 is 0 Å². The lowest BCUT2D eigenvalue weighted by atomic mass is 9.71. The van der Waals surface area contributed by atoms with Gasteiger partial charge in [0.15, 0.2) is 0 Å². The lowest BCUT2D eigenvalue weighted by molar-refractivity contribution is -0.124. The van der Waals surface area contributed by atoms with E-state index in [1.807, 2.05) is 6.92 Å². The van der Waals surface area contributed by atoms with Gasteiger partial charge in [0.1, 0.15) is 5.82 Å². The molecular formula is C14H18FNO. The predicted octanol–water partition coefficient (Wildman–Crippen LogP) is 3.12. The molecule has 0 heterocycles. The molecule has 0 saturated heterocycles. The van der Waals surface area contributed by atoms with Gasteiger partial charge in [-0.3, -0.25) is 4.79 Å². The normalized spacial score (nSPS) is 17.3. The molecule has 0 unspecified atom stereocenters. The third kappa shape index (κ3) is 2.48. The van der Waals surface area contributed by atoms with Crippen molar-refractivity contribution in [2.75, 3.05) is 0 Å². The fourth-order valence-corrected chi connectivity index (χ4v) is 2.34. The first-order valence-corrected chi connectivity index (χ1v) is 6.23. The first-order valence-electron chi connectivity index (χ1n) is 6.23. The molecule has 17 heavy (non-hydrogen) atoms. The maximum atomic E-state index is 12.9. The lowest BCUT2D eigenvalue weighted by Crippen LogP contribution is -2.50. The van der Waals surface area contributed by atoms with Crippen molar-refractivity contribution >= 4 is 5.91 Å². The minimum atomic E-state index is -0.236. The van der Waals surface area contributed by atoms with E-state index in [2.05, 4.69) is 5.32 Å². The van der Waals surface area contributed by atoms with Crippen molar-refractivity contribution in [3.63, 3.8) is 0 Å². The van der Waals surface area contributed by atoms with Gasteiger partial charge in [0.05, 0.1) is 5.54 Å². The highest BCUT2D eigenvalue weighted by Gasteiger charge is 2.39. The summed E-state index contributed by atoms with van der Waals surface area (Å²) in [7, 11) is 0. The second-order valence-electron chi connectivity index (χ2n) is 4.74. The second kappa shape index (κ2) is 4.86. The summed E-state index contributed by atoms with van der Waals surface area (Å²) in [6.45, 7) is 1.99. The van der Waals surface area contributed by atoms with Crippen LogP contribution in [0.15, 0.2) is 24.3 Å². The highest BCUT2D eigenvalue weighted by atomic mass is 19.1. The van der Waals surface area contributed by atoms with E-state index < -0.39 is 0 Å². The SMILES string of the molecule is CCCC(=O)NC1(c2ccc(F)cc2)CCC1. The van der Waals surface area contributed by atoms with E-state index in [-0.39, 0.29) is 17.3 Å². The van der Waals surface area contributed by atoms with E-state index >= 15 is 0 Å².